The highest BCUT2D eigenvalue weighted by Crippen LogP contribution is 2.19. The van der Waals surface area contributed by atoms with Crippen LogP contribution in [0.2, 0.25) is 5.02 Å². The van der Waals surface area contributed by atoms with Crippen LogP contribution in [0.25, 0.3) is 0 Å². The van der Waals surface area contributed by atoms with Gasteiger partial charge in [0.25, 0.3) is 5.91 Å². The standard InChI is InChI=1S/C23H27ClN4O3/c1-16(2)22(30)26-19-7-3-17(4-8-19)23(31)25-15-21(29)28-13-11-27(12-14-28)20-9-5-18(24)6-10-20/h3-10,16H,11-15H2,1-2H3,(H,25,31)(H,26,30). The number of benzene rings is 2. The van der Waals surface area contributed by atoms with Crippen LogP contribution in [-0.4, -0.2) is 55.3 Å². The number of nitrogens with one attached hydrogen (secondary N) is 2. The summed E-state index contributed by atoms with van der Waals surface area (Å²) in [6, 6.07) is 14.3. The Bertz CT molecular complexity index is 921. The molecule has 8 heteroatoms. The van der Waals surface area contributed by atoms with Gasteiger partial charge in [-0.1, -0.05) is 25.4 Å². The molecule has 0 bridgehead atoms. The fourth-order valence-electron chi connectivity index (χ4n) is 3.23. The van der Waals surface area contributed by atoms with Crippen molar-refractivity contribution in [3.63, 3.8) is 0 Å². The number of piperazine rings is 1. The largest absolute Gasteiger partial charge is 0.368 e. The number of halogens is 1. The summed E-state index contributed by atoms with van der Waals surface area (Å²) < 4.78 is 0. The van der Waals surface area contributed by atoms with Crippen LogP contribution in [-0.2, 0) is 9.59 Å². The van der Waals surface area contributed by atoms with Crippen molar-refractivity contribution in [2.24, 2.45) is 5.92 Å². The van der Waals surface area contributed by atoms with Crippen molar-refractivity contribution in [2.45, 2.75) is 13.8 Å². The monoisotopic (exact) mass is 442 g/mol. The number of carbonyl (C=O) groups excluding carboxylic acids is 3. The lowest BCUT2D eigenvalue weighted by atomic mass is 10.1. The van der Waals surface area contributed by atoms with Gasteiger partial charge in [0.15, 0.2) is 0 Å². The van der Waals surface area contributed by atoms with Gasteiger partial charge in [-0.3, -0.25) is 14.4 Å². The van der Waals surface area contributed by atoms with Crippen molar-refractivity contribution in [1.29, 1.82) is 0 Å². The number of rotatable bonds is 6. The Balaban J connectivity index is 1.44. The number of hydrogen-bond donors (Lipinski definition) is 2. The van der Waals surface area contributed by atoms with E-state index in [0.29, 0.717) is 29.4 Å². The van der Waals surface area contributed by atoms with E-state index in [1.807, 2.05) is 38.1 Å². The van der Waals surface area contributed by atoms with Crippen LogP contribution in [0.15, 0.2) is 48.5 Å². The number of nitrogens with zero attached hydrogens (tertiary/aromatic N) is 2. The van der Waals surface area contributed by atoms with E-state index in [2.05, 4.69) is 15.5 Å². The zero-order valence-corrected chi connectivity index (χ0v) is 18.5. The maximum Gasteiger partial charge on any atom is 0.251 e. The van der Waals surface area contributed by atoms with Crippen LogP contribution in [0.5, 0.6) is 0 Å². The van der Waals surface area contributed by atoms with Gasteiger partial charge in [-0.15, -0.1) is 0 Å². The number of anilines is 2. The molecule has 0 unspecified atom stereocenters. The van der Waals surface area contributed by atoms with Gasteiger partial charge in [0, 0.05) is 54.1 Å². The molecule has 0 atom stereocenters. The summed E-state index contributed by atoms with van der Waals surface area (Å²) in [7, 11) is 0. The molecule has 0 aromatic heterocycles. The zero-order valence-electron chi connectivity index (χ0n) is 17.7. The van der Waals surface area contributed by atoms with E-state index in [0.717, 1.165) is 18.8 Å². The molecule has 0 radical (unpaired) electrons. The quantitative estimate of drug-likeness (QED) is 0.720. The molecule has 2 aromatic rings. The number of amides is 3. The molecule has 3 rings (SSSR count). The molecule has 0 saturated carbocycles. The zero-order chi connectivity index (χ0) is 22.4. The Hall–Kier alpha value is -3.06. The van der Waals surface area contributed by atoms with Crippen molar-refractivity contribution in [3.05, 3.63) is 59.1 Å². The minimum Gasteiger partial charge on any atom is -0.368 e. The fraction of sp³-hybridized carbons (Fsp3) is 0.348. The Morgan fingerprint density at radius 3 is 2.13 bits per heavy atom. The third kappa shape index (κ3) is 6.21. The van der Waals surface area contributed by atoms with Crippen LogP contribution in [0, 0.1) is 5.92 Å². The third-order valence-corrected chi connectivity index (χ3v) is 5.42. The van der Waals surface area contributed by atoms with Crippen molar-refractivity contribution >= 4 is 40.7 Å². The molecule has 2 aromatic carbocycles. The van der Waals surface area contributed by atoms with Gasteiger partial charge in [0.05, 0.1) is 6.54 Å². The average Bonchev–Trinajstić information content (AvgIpc) is 2.78. The van der Waals surface area contributed by atoms with Crippen LogP contribution in [0.1, 0.15) is 24.2 Å². The van der Waals surface area contributed by atoms with Crippen LogP contribution >= 0.6 is 11.6 Å². The minimum absolute atomic E-state index is 0.0500. The van der Waals surface area contributed by atoms with E-state index in [1.54, 1.807) is 29.2 Å². The van der Waals surface area contributed by atoms with Crippen LogP contribution in [0.4, 0.5) is 11.4 Å². The van der Waals surface area contributed by atoms with Crippen molar-refractivity contribution < 1.29 is 14.4 Å². The Labute approximate surface area is 187 Å². The summed E-state index contributed by atoms with van der Waals surface area (Å²) >= 11 is 5.94. The van der Waals surface area contributed by atoms with Crippen molar-refractivity contribution in [1.82, 2.24) is 10.2 Å². The second-order valence-corrected chi connectivity index (χ2v) is 8.18. The summed E-state index contributed by atoms with van der Waals surface area (Å²) in [5, 5.41) is 6.15. The van der Waals surface area contributed by atoms with E-state index >= 15 is 0 Å². The molecule has 0 aliphatic carbocycles. The maximum absolute atomic E-state index is 12.5. The molecule has 3 amide bonds. The number of hydrogen-bond acceptors (Lipinski definition) is 4. The van der Waals surface area contributed by atoms with Crippen molar-refractivity contribution in [2.75, 3.05) is 42.9 Å². The normalized spacial score (nSPS) is 13.8. The fourth-order valence-corrected chi connectivity index (χ4v) is 3.35. The third-order valence-electron chi connectivity index (χ3n) is 5.16. The highest BCUT2D eigenvalue weighted by atomic mass is 35.5. The second-order valence-electron chi connectivity index (χ2n) is 7.75. The molecule has 1 fully saturated rings. The molecule has 164 valence electrons. The Kier molecular flexibility index (Phi) is 7.52. The molecular weight excluding hydrogens is 416 g/mol. The van der Waals surface area contributed by atoms with Crippen LogP contribution in [0.3, 0.4) is 0 Å². The maximum atomic E-state index is 12.5. The molecule has 1 aliphatic rings. The summed E-state index contributed by atoms with van der Waals surface area (Å²) in [4.78, 5) is 40.5. The predicted octanol–water partition coefficient (Wildman–Crippen LogP) is 3.01. The molecule has 2 N–H and O–H groups in total. The number of carbonyl (C=O) groups is 3. The van der Waals surface area contributed by atoms with Gasteiger partial charge in [-0.25, -0.2) is 0 Å². The Morgan fingerprint density at radius 2 is 1.55 bits per heavy atom. The van der Waals surface area contributed by atoms with Crippen molar-refractivity contribution in [3.8, 4) is 0 Å². The van der Waals surface area contributed by atoms with Gasteiger partial charge in [-0.2, -0.15) is 0 Å². The van der Waals surface area contributed by atoms with E-state index in [9.17, 15) is 14.4 Å². The van der Waals surface area contributed by atoms with Gasteiger partial charge < -0.3 is 20.4 Å². The molecule has 1 saturated heterocycles. The Morgan fingerprint density at radius 1 is 0.935 bits per heavy atom. The first kappa shape index (κ1) is 22.6. The molecule has 7 nitrogen and oxygen atoms in total. The SMILES string of the molecule is CC(C)C(=O)Nc1ccc(C(=O)NCC(=O)N2CCN(c3ccc(Cl)cc3)CC2)cc1. The first-order valence-corrected chi connectivity index (χ1v) is 10.7. The predicted molar refractivity (Wildman–Crippen MR) is 122 cm³/mol. The highest BCUT2D eigenvalue weighted by molar-refractivity contribution is 6.30. The molecule has 1 heterocycles. The summed E-state index contributed by atoms with van der Waals surface area (Å²) in [5.41, 5.74) is 2.14. The minimum atomic E-state index is -0.324. The lowest BCUT2D eigenvalue weighted by Crippen LogP contribution is -2.51. The van der Waals surface area contributed by atoms with Gasteiger partial charge in [0.1, 0.15) is 0 Å². The van der Waals surface area contributed by atoms with E-state index in [1.165, 1.54) is 0 Å². The van der Waals surface area contributed by atoms with E-state index in [4.69, 9.17) is 11.6 Å². The van der Waals surface area contributed by atoms with Gasteiger partial charge in [-0.05, 0) is 48.5 Å². The summed E-state index contributed by atoms with van der Waals surface area (Å²) in [6.07, 6.45) is 0. The average molecular weight is 443 g/mol. The van der Waals surface area contributed by atoms with E-state index in [-0.39, 0.29) is 30.2 Å². The summed E-state index contributed by atoms with van der Waals surface area (Å²) in [5.74, 6) is -0.638. The second kappa shape index (κ2) is 10.3. The smallest absolute Gasteiger partial charge is 0.251 e. The lowest BCUT2D eigenvalue weighted by Gasteiger charge is -2.36. The first-order chi connectivity index (χ1) is 14.8. The van der Waals surface area contributed by atoms with Gasteiger partial charge in [0.2, 0.25) is 11.8 Å². The molecular formula is C23H27ClN4O3. The molecule has 1 aliphatic heterocycles. The highest BCUT2D eigenvalue weighted by Gasteiger charge is 2.21. The van der Waals surface area contributed by atoms with Gasteiger partial charge >= 0.3 is 0 Å². The topological polar surface area (TPSA) is 81.8 Å². The molecule has 0 spiro atoms. The first-order valence-electron chi connectivity index (χ1n) is 10.3. The van der Waals surface area contributed by atoms with E-state index < -0.39 is 0 Å². The van der Waals surface area contributed by atoms with Crippen LogP contribution < -0.4 is 15.5 Å². The lowest BCUT2D eigenvalue weighted by molar-refractivity contribution is -0.130. The summed E-state index contributed by atoms with van der Waals surface area (Å²) in [6.45, 7) is 6.22. The molecule has 31 heavy (non-hydrogen) atoms.